The van der Waals surface area contributed by atoms with E-state index in [1.807, 2.05) is 49.4 Å². The van der Waals surface area contributed by atoms with E-state index in [1.165, 1.54) is 6.92 Å². The third kappa shape index (κ3) is 6.27. The largest absolute Gasteiger partial charge is 0.490 e. The summed E-state index contributed by atoms with van der Waals surface area (Å²) in [6.45, 7) is 4.23. The molecule has 4 rings (SSSR count). The van der Waals surface area contributed by atoms with E-state index >= 15 is 0 Å². The zero-order valence-corrected chi connectivity index (χ0v) is 21.4. The van der Waals surface area contributed by atoms with Crippen molar-refractivity contribution in [2.45, 2.75) is 20.5 Å². The molecule has 1 amide bonds. The Hall–Kier alpha value is -3.66. The maximum absolute atomic E-state index is 12.5. The van der Waals surface area contributed by atoms with Crippen molar-refractivity contribution in [3.05, 3.63) is 92.7 Å². The lowest BCUT2D eigenvalue weighted by molar-refractivity contribution is -0.129. The van der Waals surface area contributed by atoms with Gasteiger partial charge < -0.3 is 19.5 Å². The summed E-state index contributed by atoms with van der Waals surface area (Å²) in [5.41, 5.74) is 3.25. The normalized spacial score (nSPS) is 13.9. The molecule has 1 aliphatic rings. The molecule has 0 spiro atoms. The van der Waals surface area contributed by atoms with E-state index < -0.39 is 5.97 Å². The van der Waals surface area contributed by atoms with Crippen LogP contribution in [0.3, 0.4) is 0 Å². The second kappa shape index (κ2) is 11.2. The van der Waals surface area contributed by atoms with Crippen LogP contribution in [0.5, 0.6) is 11.5 Å². The predicted octanol–water partition coefficient (Wildman–Crippen LogP) is 5.57. The van der Waals surface area contributed by atoms with Crippen molar-refractivity contribution in [3.63, 3.8) is 0 Å². The molecule has 0 saturated heterocycles. The number of aliphatic imine (C=N–C) groups is 1. The Balaban J connectivity index is 1.57. The second-order valence-corrected chi connectivity index (χ2v) is 8.79. The van der Waals surface area contributed by atoms with Gasteiger partial charge in [-0.3, -0.25) is 4.79 Å². The molecule has 0 saturated carbocycles. The smallest absolute Gasteiger partial charge is 0.363 e. The first kappa shape index (κ1) is 24.5. The third-order valence-corrected chi connectivity index (χ3v) is 5.74. The van der Waals surface area contributed by atoms with Crippen LogP contribution < -0.4 is 14.8 Å². The van der Waals surface area contributed by atoms with Crippen LogP contribution in [0.4, 0.5) is 5.69 Å². The lowest BCUT2D eigenvalue weighted by Crippen LogP contribution is -2.07. The molecule has 0 radical (unpaired) electrons. The lowest BCUT2D eigenvalue weighted by Gasteiger charge is -2.15. The fourth-order valence-corrected chi connectivity index (χ4v) is 4.18. The number of nitrogens with one attached hydrogen (secondary N) is 1. The fourth-order valence-electron chi connectivity index (χ4n) is 3.39. The van der Waals surface area contributed by atoms with E-state index in [9.17, 15) is 9.59 Å². The van der Waals surface area contributed by atoms with Gasteiger partial charge >= 0.3 is 5.97 Å². The van der Waals surface area contributed by atoms with Gasteiger partial charge in [-0.05, 0) is 83.1 Å². The number of amides is 1. The number of esters is 1. The lowest BCUT2D eigenvalue weighted by atomic mass is 10.1. The van der Waals surface area contributed by atoms with Gasteiger partial charge in [0.15, 0.2) is 17.2 Å². The average molecular weight is 582 g/mol. The van der Waals surface area contributed by atoms with Gasteiger partial charge in [0.25, 0.3) is 0 Å². The number of halogens is 1. The maximum Gasteiger partial charge on any atom is 0.363 e. The highest BCUT2D eigenvalue weighted by Crippen LogP contribution is 2.36. The van der Waals surface area contributed by atoms with E-state index in [2.05, 4.69) is 32.9 Å². The molecule has 3 aromatic carbocycles. The third-order valence-electron chi connectivity index (χ3n) is 4.93. The average Bonchev–Trinajstić information content (AvgIpc) is 3.19. The first-order valence-corrected chi connectivity index (χ1v) is 12.0. The van der Waals surface area contributed by atoms with Gasteiger partial charge in [-0.2, -0.15) is 0 Å². The quantitative estimate of drug-likeness (QED) is 0.213. The molecule has 0 aromatic heterocycles. The highest BCUT2D eigenvalue weighted by Gasteiger charge is 2.24. The van der Waals surface area contributed by atoms with E-state index in [0.29, 0.717) is 36.0 Å². The summed E-state index contributed by atoms with van der Waals surface area (Å²) < 4.78 is 18.1. The SMILES string of the molecule is CCOc1cc(/C=C2\N=C(c3ccc(NC(C)=O)cc3)OC2=O)cc(I)c1OCc1ccccc1. The summed E-state index contributed by atoms with van der Waals surface area (Å²) in [5, 5.41) is 2.70. The first-order chi connectivity index (χ1) is 16.9. The van der Waals surface area contributed by atoms with Crippen molar-refractivity contribution < 1.29 is 23.8 Å². The minimum Gasteiger partial charge on any atom is -0.490 e. The molecule has 0 aliphatic carbocycles. The maximum atomic E-state index is 12.5. The summed E-state index contributed by atoms with van der Waals surface area (Å²) >= 11 is 2.19. The van der Waals surface area contributed by atoms with Gasteiger partial charge in [0, 0.05) is 18.2 Å². The van der Waals surface area contributed by atoms with Crippen molar-refractivity contribution in [1.29, 1.82) is 0 Å². The molecule has 0 fully saturated rings. The van der Waals surface area contributed by atoms with Gasteiger partial charge in [0.1, 0.15) is 6.61 Å². The number of anilines is 1. The Morgan fingerprint density at radius 1 is 1.09 bits per heavy atom. The molecular formula is C27H23IN2O5. The number of hydrogen-bond acceptors (Lipinski definition) is 6. The zero-order valence-electron chi connectivity index (χ0n) is 19.2. The molecule has 7 nitrogen and oxygen atoms in total. The molecule has 178 valence electrons. The van der Waals surface area contributed by atoms with Crippen molar-refractivity contribution in [1.82, 2.24) is 0 Å². The summed E-state index contributed by atoms with van der Waals surface area (Å²) in [4.78, 5) is 28.0. The minimum atomic E-state index is -0.539. The Kier molecular flexibility index (Phi) is 7.81. The Morgan fingerprint density at radius 2 is 1.83 bits per heavy atom. The van der Waals surface area contributed by atoms with Gasteiger partial charge in [0.05, 0.1) is 10.2 Å². The molecule has 8 heteroatoms. The van der Waals surface area contributed by atoms with Gasteiger partial charge in [0.2, 0.25) is 11.8 Å². The number of hydrogen-bond donors (Lipinski definition) is 1. The van der Waals surface area contributed by atoms with Crippen LogP contribution in [0.25, 0.3) is 6.08 Å². The summed E-state index contributed by atoms with van der Waals surface area (Å²) in [5.74, 6) is 0.744. The van der Waals surface area contributed by atoms with Crippen molar-refractivity contribution in [2.24, 2.45) is 4.99 Å². The number of cyclic esters (lactones) is 1. The molecule has 0 atom stereocenters. The molecular weight excluding hydrogens is 559 g/mol. The van der Waals surface area contributed by atoms with E-state index in [-0.39, 0.29) is 17.5 Å². The molecule has 1 heterocycles. The minimum absolute atomic E-state index is 0.162. The topological polar surface area (TPSA) is 86.2 Å². The van der Waals surface area contributed by atoms with Crippen LogP contribution in [0.1, 0.15) is 30.5 Å². The highest BCUT2D eigenvalue weighted by atomic mass is 127. The number of nitrogens with zero attached hydrogens (tertiary/aromatic N) is 1. The molecule has 0 unspecified atom stereocenters. The second-order valence-electron chi connectivity index (χ2n) is 7.63. The summed E-state index contributed by atoms with van der Waals surface area (Å²) in [6.07, 6.45) is 1.66. The Labute approximate surface area is 217 Å². The van der Waals surface area contributed by atoms with E-state index in [1.54, 1.807) is 30.3 Å². The van der Waals surface area contributed by atoms with Gasteiger partial charge in [-0.15, -0.1) is 0 Å². The summed E-state index contributed by atoms with van der Waals surface area (Å²) in [7, 11) is 0. The molecule has 0 bridgehead atoms. The van der Waals surface area contributed by atoms with Gasteiger partial charge in [-0.25, -0.2) is 9.79 Å². The van der Waals surface area contributed by atoms with Crippen LogP contribution in [-0.4, -0.2) is 24.4 Å². The standard InChI is InChI=1S/C27H23IN2O5/c1-3-33-24-15-19(13-22(28)25(24)34-16-18-7-5-4-6-8-18)14-23-27(32)35-26(30-23)20-9-11-21(12-10-20)29-17(2)31/h4-15H,3,16H2,1-2H3,(H,29,31)/b23-14-. The van der Waals surface area contributed by atoms with Crippen LogP contribution in [-0.2, 0) is 20.9 Å². The van der Waals surface area contributed by atoms with Crippen molar-refractivity contribution >= 4 is 52.1 Å². The van der Waals surface area contributed by atoms with Crippen LogP contribution >= 0.6 is 22.6 Å². The van der Waals surface area contributed by atoms with Crippen molar-refractivity contribution in [3.8, 4) is 11.5 Å². The fraction of sp³-hybridized carbons (Fsp3) is 0.148. The predicted molar refractivity (Wildman–Crippen MR) is 142 cm³/mol. The van der Waals surface area contributed by atoms with Crippen LogP contribution in [0, 0.1) is 3.57 Å². The van der Waals surface area contributed by atoms with E-state index in [4.69, 9.17) is 14.2 Å². The van der Waals surface area contributed by atoms with Crippen LogP contribution in [0.2, 0.25) is 0 Å². The number of rotatable bonds is 8. The Bertz CT molecular complexity index is 1300. The Morgan fingerprint density at radius 3 is 2.51 bits per heavy atom. The monoisotopic (exact) mass is 582 g/mol. The number of carbonyl (C=O) groups is 2. The van der Waals surface area contributed by atoms with Crippen LogP contribution in [0.15, 0.2) is 77.4 Å². The molecule has 1 N–H and O–H groups in total. The number of benzene rings is 3. The number of ether oxygens (including phenoxy) is 3. The molecule has 1 aliphatic heterocycles. The zero-order chi connectivity index (χ0) is 24.8. The molecule has 3 aromatic rings. The van der Waals surface area contributed by atoms with Gasteiger partial charge in [-0.1, -0.05) is 30.3 Å². The van der Waals surface area contributed by atoms with Crippen molar-refractivity contribution in [2.75, 3.05) is 11.9 Å². The first-order valence-electron chi connectivity index (χ1n) is 11.0. The highest BCUT2D eigenvalue weighted by molar-refractivity contribution is 14.1. The van der Waals surface area contributed by atoms with E-state index in [0.717, 1.165) is 14.7 Å². The summed E-state index contributed by atoms with van der Waals surface area (Å²) in [6, 6.07) is 20.5. The number of carbonyl (C=O) groups excluding carboxylic acids is 2. The molecule has 35 heavy (non-hydrogen) atoms.